The molecule has 0 aliphatic heterocycles. The van der Waals surface area contributed by atoms with Gasteiger partial charge in [0.25, 0.3) is 0 Å². The molecular weight excluding hydrogens is 410 g/mol. The van der Waals surface area contributed by atoms with Crippen molar-refractivity contribution in [1.29, 1.82) is 0 Å². The summed E-state index contributed by atoms with van der Waals surface area (Å²) in [7, 11) is -3.72. The van der Waals surface area contributed by atoms with Crippen molar-refractivity contribution in [3.05, 3.63) is 58.6 Å². The summed E-state index contributed by atoms with van der Waals surface area (Å²) in [5.74, 6) is -1.52. The van der Waals surface area contributed by atoms with E-state index in [4.69, 9.17) is 5.14 Å². The fourth-order valence-corrected chi connectivity index (χ4v) is 2.89. The van der Waals surface area contributed by atoms with E-state index in [1.165, 1.54) is 12.1 Å². The van der Waals surface area contributed by atoms with Crippen LogP contribution < -0.4 is 15.8 Å². The van der Waals surface area contributed by atoms with E-state index in [0.717, 1.165) is 5.56 Å². The molecular formula is C16H16BrN3O4S. The molecule has 0 heterocycles. The summed E-state index contributed by atoms with van der Waals surface area (Å²) in [5, 5.41) is 10.0. The lowest BCUT2D eigenvalue weighted by Crippen LogP contribution is -2.36. The minimum Gasteiger partial charge on any atom is -0.347 e. The van der Waals surface area contributed by atoms with E-state index < -0.39 is 21.8 Å². The minimum atomic E-state index is -3.72. The molecule has 4 N–H and O–H groups in total. The average Bonchev–Trinajstić information content (AvgIpc) is 2.56. The Balaban J connectivity index is 1.84. The molecule has 0 unspecified atom stereocenters. The molecule has 0 fully saturated rings. The van der Waals surface area contributed by atoms with Crippen LogP contribution in [0.4, 0.5) is 5.69 Å². The van der Waals surface area contributed by atoms with E-state index in [0.29, 0.717) is 16.6 Å². The van der Waals surface area contributed by atoms with Gasteiger partial charge in [0.1, 0.15) is 0 Å². The summed E-state index contributed by atoms with van der Waals surface area (Å²) in [5.41, 5.74) is 1.31. The Hall–Kier alpha value is -2.23. The summed E-state index contributed by atoms with van der Waals surface area (Å²) in [6.45, 7) is 0.233. The van der Waals surface area contributed by atoms with Crippen LogP contribution in [0.1, 0.15) is 5.56 Å². The van der Waals surface area contributed by atoms with Gasteiger partial charge in [0.05, 0.1) is 10.6 Å². The molecule has 132 valence electrons. The molecule has 0 radical (unpaired) electrons. The first kappa shape index (κ1) is 19.1. The van der Waals surface area contributed by atoms with Crippen LogP contribution in [0.15, 0.2) is 57.9 Å². The largest absolute Gasteiger partial charge is 0.347 e. The van der Waals surface area contributed by atoms with E-state index in [9.17, 15) is 18.0 Å². The van der Waals surface area contributed by atoms with Gasteiger partial charge in [0.2, 0.25) is 10.0 Å². The first-order valence-corrected chi connectivity index (χ1v) is 9.57. The van der Waals surface area contributed by atoms with Crippen LogP contribution in [0.3, 0.4) is 0 Å². The van der Waals surface area contributed by atoms with E-state index in [-0.39, 0.29) is 11.4 Å². The van der Waals surface area contributed by atoms with Crippen LogP contribution in [0.25, 0.3) is 0 Å². The molecule has 0 aromatic heterocycles. The number of carbonyl (C=O) groups is 2. The highest BCUT2D eigenvalue weighted by molar-refractivity contribution is 9.10. The van der Waals surface area contributed by atoms with Crippen molar-refractivity contribution >= 4 is 43.5 Å². The maximum absolute atomic E-state index is 11.8. The molecule has 7 nitrogen and oxygen atoms in total. The number of rotatable bonds is 5. The number of nitrogens with two attached hydrogens (primary N) is 1. The lowest BCUT2D eigenvalue weighted by Gasteiger charge is -2.08. The number of halogens is 1. The predicted molar refractivity (Wildman–Crippen MR) is 97.3 cm³/mol. The Morgan fingerprint density at radius 3 is 2.24 bits per heavy atom. The zero-order valence-electron chi connectivity index (χ0n) is 13.0. The highest BCUT2D eigenvalue weighted by atomic mass is 79.9. The molecule has 0 saturated heterocycles. The van der Waals surface area contributed by atoms with Crippen LogP contribution >= 0.6 is 15.9 Å². The summed E-state index contributed by atoms with van der Waals surface area (Å²) < 4.78 is 23.0. The number of carbonyl (C=O) groups excluding carboxylic acids is 2. The van der Waals surface area contributed by atoms with E-state index in [2.05, 4.69) is 26.6 Å². The van der Waals surface area contributed by atoms with Gasteiger partial charge in [-0.25, -0.2) is 13.6 Å². The number of hydrogen-bond acceptors (Lipinski definition) is 4. The number of para-hydroxylation sites is 1. The molecule has 2 rings (SSSR count). The molecule has 0 aliphatic carbocycles. The Kier molecular flexibility index (Phi) is 6.29. The summed E-state index contributed by atoms with van der Waals surface area (Å²) in [4.78, 5) is 23.7. The molecule has 0 atom stereocenters. The molecule has 0 spiro atoms. The second-order valence-electron chi connectivity index (χ2n) is 5.13. The normalized spacial score (nSPS) is 11.0. The molecule has 0 saturated carbocycles. The number of nitrogens with one attached hydrogen (secondary N) is 2. The smallest absolute Gasteiger partial charge is 0.313 e. The molecule has 0 aliphatic rings. The van der Waals surface area contributed by atoms with Crippen molar-refractivity contribution in [2.75, 3.05) is 11.9 Å². The molecule has 0 bridgehead atoms. The fourth-order valence-electron chi connectivity index (χ4n) is 1.99. The van der Waals surface area contributed by atoms with Gasteiger partial charge in [-0.05, 0) is 52.2 Å². The minimum absolute atomic E-state index is 0.0214. The predicted octanol–water partition coefficient (Wildman–Crippen LogP) is 1.39. The highest BCUT2D eigenvalue weighted by Gasteiger charge is 2.14. The van der Waals surface area contributed by atoms with Gasteiger partial charge in [-0.3, -0.25) is 9.59 Å². The standard InChI is InChI=1S/C16H16BrN3O4S/c17-13-3-1-2-4-14(13)20-16(22)15(21)19-10-9-11-5-7-12(8-6-11)25(18,23)24/h1-8H,9-10H2,(H,19,21)(H,20,22)(H2,18,23,24). The molecule has 2 amide bonds. The monoisotopic (exact) mass is 425 g/mol. The lowest BCUT2D eigenvalue weighted by atomic mass is 10.1. The van der Waals surface area contributed by atoms with E-state index >= 15 is 0 Å². The Bertz CT molecular complexity index is 883. The topological polar surface area (TPSA) is 118 Å². The summed E-state index contributed by atoms with van der Waals surface area (Å²) in [6, 6.07) is 12.9. The quantitative estimate of drug-likeness (QED) is 0.627. The van der Waals surface area contributed by atoms with Crippen molar-refractivity contribution in [3.63, 3.8) is 0 Å². The maximum Gasteiger partial charge on any atom is 0.313 e. The second kappa shape index (κ2) is 8.24. The molecule has 25 heavy (non-hydrogen) atoms. The summed E-state index contributed by atoms with van der Waals surface area (Å²) in [6.07, 6.45) is 0.443. The maximum atomic E-state index is 11.8. The van der Waals surface area contributed by atoms with Gasteiger partial charge >= 0.3 is 11.8 Å². The third-order valence-corrected chi connectivity index (χ3v) is 4.90. The Morgan fingerprint density at radius 1 is 1.00 bits per heavy atom. The van der Waals surface area contributed by atoms with Gasteiger partial charge in [-0.2, -0.15) is 0 Å². The first-order valence-electron chi connectivity index (χ1n) is 7.23. The van der Waals surface area contributed by atoms with Crippen LogP contribution in [-0.2, 0) is 26.0 Å². The van der Waals surface area contributed by atoms with Crippen LogP contribution in [0.2, 0.25) is 0 Å². The molecule has 9 heteroatoms. The number of sulfonamides is 1. The van der Waals surface area contributed by atoms with Gasteiger partial charge in [-0.15, -0.1) is 0 Å². The number of anilines is 1. The summed E-state index contributed by atoms with van der Waals surface area (Å²) >= 11 is 3.28. The van der Waals surface area contributed by atoms with Crippen molar-refractivity contribution in [2.45, 2.75) is 11.3 Å². The van der Waals surface area contributed by atoms with Gasteiger partial charge < -0.3 is 10.6 Å². The third kappa shape index (κ3) is 5.66. The highest BCUT2D eigenvalue weighted by Crippen LogP contribution is 2.20. The van der Waals surface area contributed by atoms with Gasteiger partial charge in [0.15, 0.2) is 0 Å². The zero-order chi connectivity index (χ0) is 18.4. The van der Waals surface area contributed by atoms with Crippen LogP contribution in [0, 0.1) is 0 Å². The fraction of sp³-hybridized carbons (Fsp3) is 0.125. The number of amides is 2. The van der Waals surface area contributed by atoms with Crippen molar-refractivity contribution in [1.82, 2.24) is 5.32 Å². The van der Waals surface area contributed by atoms with Gasteiger partial charge in [0, 0.05) is 11.0 Å². The van der Waals surface area contributed by atoms with E-state index in [1.54, 1.807) is 36.4 Å². The van der Waals surface area contributed by atoms with Crippen molar-refractivity contribution in [2.24, 2.45) is 5.14 Å². The van der Waals surface area contributed by atoms with E-state index in [1.807, 2.05) is 0 Å². The number of hydrogen-bond donors (Lipinski definition) is 3. The van der Waals surface area contributed by atoms with Crippen molar-refractivity contribution in [3.8, 4) is 0 Å². The van der Waals surface area contributed by atoms with Crippen LogP contribution in [0.5, 0.6) is 0 Å². The lowest BCUT2D eigenvalue weighted by molar-refractivity contribution is -0.136. The third-order valence-electron chi connectivity index (χ3n) is 3.28. The molecule has 2 aromatic rings. The van der Waals surface area contributed by atoms with Crippen LogP contribution in [-0.4, -0.2) is 26.8 Å². The Morgan fingerprint density at radius 2 is 1.64 bits per heavy atom. The first-order chi connectivity index (χ1) is 11.8. The zero-order valence-corrected chi connectivity index (χ0v) is 15.4. The van der Waals surface area contributed by atoms with Crippen molar-refractivity contribution < 1.29 is 18.0 Å². The number of primary sulfonamides is 1. The second-order valence-corrected chi connectivity index (χ2v) is 7.54. The molecule has 2 aromatic carbocycles. The Labute approximate surface area is 153 Å². The average molecular weight is 426 g/mol. The van der Waals surface area contributed by atoms with Gasteiger partial charge in [-0.1, -0.05) is 24.3 Å². The SMILES string of the molecule is NS(=O)(=O)c1ccc(CCNC(=O)C(=O)Nc2ccccc2Br)cc1. The number of benzene rings is 2.